The first-order valence-electron chi connectivity index (χ1n) is 12.3. The van der Waals surface area contributed by atoms with E-state index >= 15 is 0 Å². The Morgan fingerprint density at radius 2 is 1.76 bits per heavy atom. The fourth-order valence-corrected chi connectivity index (χ4v) is 5.37. The summed E-state index contributed by atoms with van der Waals surface area (Å²) < 4.78 is 1.98. The molecule has 1 aliphatic heterocycles. The topological polar surface area (TPSA) is 70.8 Å². The van der Waals surface area contributed by atoms with Crippen molar-refractivity contribution in [1.29, 1.82) is 5.41 Å². The van der Waals surface area contributed by atoms with Crippen LogP contribution in [0.1, 0.15) is 81.7 Å². The number of benzene rings is 2. The third-order valence-corrected chi connectivity index (χ3v) is 7.57. The number of carbonyl (C=O) groups is 1. The maximum absolute atomic E-state index is 13.7. The van der Waals surface area contributed by atoms with Crippen molar-refractivity contribution >= 4 is 17.3 Å². The molecule has 34 heavy (non-hydrogen) atoms. The average molecular weight is 457 g/mol. The van der Waals surface area contributed by atoms with Gasteiger partial charge in [0.05, 0.1) is 34.5 Å². The fourth-order valence-electron chi connectivity index (χ4n) is 5.37. The summed E-state index contributed by atoms with van der Waals surface area (Å²) in [5.41, 5.74) is 3.69. The van der Waals surface area contributed by atoms with Gasteiger partial charge in [-0.2, -0.15) is 5.10 Å². The Balaban J connectivity index is 1.63. The van der Waals surface area contributed by atoms with Crippen LogP contribution in [-0.2, 0) is 15.7 Å². The molecule has 0 saturated carbocycles. The van der Waals surface area contributed by atoms with Crippen LogP contribution < -0.4 is 5.32 Å². The number of nitrogens with zero attached hydrogens (tertiary/aromatic N) is 2. The van der Waals surface area contributed by atoms with Crippen LogP contribution in [0.5, 0.6) is 0 Å². The number of nitrogens with one attached hydrogen (secondary N) is 2. The van der Waals surface area contributed by atoms with Gasteiger partial charge in [0.25, 0.3) is 0 Å². The second-order valence-electron chi connectivity index (χ2n) is 10.2. The predicted octanol–water partition coefficient (Wildman–Crippen LogP) is 6.57. The van der Waals surface area contributed by atoms with Gasteiger partial charge in [-0.3, -0.25) is 4.79 Å². The number of hydrogen-bond donors (Lipinski definition) is 2. The van der Waals surface area contributed by atoms with Crippen molar-refractivity contribution in [2.24, 2.45) is 0 Å². The Morgan fingerprint density at radius 3 is 2.38 bits per heavy atom. The Morgan fingerprint density at radius 1 is 1.12 bits per heavy atom. The van der Waals surface area contributed by atoms with Gasteiger partial charge in [-0.1, -0.05) is 74.0 Å². The summed E-state index contributed by atoms with van der Waals surface area (Å²) >= 11 is 0. The Bertz CT molecular complexity index is 1170. The molecule has 0 spiro atoms. The molecule has 1 atom stereocenters. The number of rotatable bonds is 8. The molecule has 2 heterocycles. The first-order chi connectivity index (χ1) is 16.2. The summed E-state index contributed by atoms with van der Waals surface area (Å²) in [4.78, 5) is 13.7. The Hall–Kier alpha value is -3.21. The molecule has 0 saturated heterocycles. The van der Waals surface area contributed by atoms with Crippen molar-refractivity contribution in [2.75, 3.05) is 5.32 Å². The molecule has 4 rings (SSSR count). The Labute approximate surface area is 203 Å². The monoisotopic (exact) mass is 456 g/mol. The number of fused-ring (bicyclic) bond motifs is 1. The summed E-state index contributed by atoms with van der Waals surface area (Å²) in [6, 6.07) is 18.8. The van der Waals surface area contributed by atoms with E-state index in [4.69, 9.17) is 5.41 Å². The quantitative estimate of drug-likeness (QED) is 0.377. The zero-order chi connectivity index (χ0) is 24.5. The van der Waals surface area contributed by atoms with Crippen molar-refractivity contribution in [1.82, 2.24) is 9.78 Å². The van der Waals surface area contributed by atoms with Gasteiger partial charge in [-0.15, -0.1) is 0 Å². The van der Waals surface area contributed by atoms with Crippen LogP contribution in [-0.4, -0.2) is 21.3 Å². The average Bonchev–Trinajstić information content (AvgIpc) is 3.27. The van der Waals surface area contributed by atoms with Crippen LogP contribution in [0.4, 0.5) is 5.82 Å². The highest BCUT2D eigenvalue weighted by Gasteiger charge is 2.39. The SMILES string of the molecule is CCC(CC)(C(=O)CC(=N)c1cnn2c1NC(c1ccccc1)CC2(C)C)c1ccc(C)cc1. The second-order valence-corrected chi connectivity index (χ2v) is 10.2. The zero-order valence-corrected chi connectivity index (χ0v) is 21.0. The molecule has 2 aromatic carbocycles. The van der Waals surface area contributed by atoms with Gasteiger partial charge in [0.2, 0.25) is 0 Å². The standard InChI is InChI=1S/C29H36N4O/c1-6-29(7-2,22-15-13-20(3)14-16-22)26(34)17-24(30)23-19-31-33-27(23)32-25(18-28(33,4)5)21-11-9-8-10-12-21/h8-16,19,25,30,32H,6-7,17-18H2,1-5H3. The van der Waals surface area contributed by atoms with Crippen molar-refractivity contribution in [3.05, 3.63) is 83.0 Å². The van der Waals surface area contributed by atoms with E-state index in [2.05, 4.69) is 93.6 Å². The van der Waals surface area contributed by atoms with Gasteiger partial charge in [0, 0.05) is 6.42 Å². The largest absolute Gasteiger partial charge is 0.363 e. The molecule has 2 N–H and O–H groups in total. The summed E-state index contributed by atoms with van der Waals surface area (Å²) in [6.45, 7) is 10.6. The van der Waals surface area contributed by atoms with Gasteiger partial charge >= 0.3 is 0 Å². The van der Waals surface area contributed by atoms with Crippen molar-refractivity contribution in [3.8, 4) is 0 Å². The lowest BCUT2D eigenvalue weighted by atomic mass is 9.71. The molecular formula is C29H36N4O. The lowest BCUT2D eigenvalue weighted by Gasteiger charge is -2.38. The van der Waals surface area contributed by atoms with Gasteiger partial charge in [0.15, 0.2) is 0 Å². The third-order valence-electron chi connectivity index (χ3n) is 7.57. The van der Waals surface area contributed by atoms with Crippen molar-refractivity contribution in [2.45, 2.75) is 77.3 Å². The minimum Gasteiger partial charge on any atom is -0.363 e. The molecule has 5 nitrogen and oxygen atoms in total. The third kappa shape index (κ3) is 4.20. The van der Waals surface area contributed by atoms with Crippen molar-refractivity contribution in [3.63, 3.8) is 0 Å². The molecule has 0 radical (unpaired) electrons. The summed E-state index contributed by atoms with van der Waals surface area (Å²) in [6.07, 6.45) is 4.16. The number of aromatic nitrogens is 2. The van der Waals surface area contributed by atoms with E-state index < -0.39 is 5.41 Å². The zero-order valence-electron chi connectivity index (χ0n) is 21.0. The number of hydrogen-bond acceptors (Lipinski definition) is 4. The first kappa shape index (κ1) is 23.9. The van der Waals surface area contributed by atoms with Crippen LogP contribution in [0.2, 0.25) is 0 Å². The van der Waals surface area contributed by atoms with E-state index in [0.29, 0.717) is 24.1 Å². The number of Topliss-reactive ketones (excluding diaryl/α,β-unsaturated/α-hetero) is 1. The predicted molar refractivity (Wildman–Crippen MR) is 139 cm³/mol. The van der Waals surface area contributed by atoms with Crippen LogP contribution in [0.25, 0.3) is 0 Å². The maximum atomic E-state index is 13.7. The molecule has 0 aliphatic carbocycles. The first-order valence-corrected chi connectivity index (χ1v) is 12.3. The highest BCUT2D eigenvalue weighted by molar-refractivity contribution is 6.14. The molecule has 0 amide bonds. The number of anilines is 1. The Kier molecular flexibility index (Phi) is 6.48. The molecule has 1 aromatic heterocycles. The van der Waals surface area contributed by atoms with Crippen molar-refractivity contribution < 1.29 is 4.79 Å². The van der Waals surface area contributed by atoms with E-state index in [-0.39, 0.29) is 23.8 Å². The van der Waals surface area contributed by atoms with E-state index in [1.807, 2.05) is 10.7 Å². The normalized spacial score (nSPS) is 17.0. The molecule has 1 unspecified atom stereocenters. The van der Waals surface area contributed by atoms with E-state index in [0.717, 1.165) is 17.8 Å². The van der Waals surface area contributed by atoms with Crippen LogP contribution in [0.15, 0.2) is 60.8 Å². The van der Waals surface area contributed by atoms with E-state index in [1.54, 1.807) is 6.20 Å². The number of aryl methyl sites for hydroxylation is 1. The highest BCUT2D eigenvalue weighted by Crippen LogP contribution is 2.41. The molecular weight excluding hydrogens is 420 g/mol. The van der Waals surface area contributed by atoms with Crippen LogP contribution in [0, 0.1) is 12.3 Å². The molecule has 0 bridgehead atoms. The number of ketones is 1. The summed E-state index contributed by atoms with van der Waals surface area (Å²) in [5, 5.41) is 17.2. The van der Waals surface area contributed by atoms with E-state index in [1.165, 1.54) is 11.1 Å². The minimum absolute atomic E-state index is 0.0896. The van der Waals surface area contributed by atoms with E-state index in [9.17, 15) is 4.79 Å². The molecule has 1 aliphatic rings. The smallest absolute Gasteiger partial charge is 0.149 e. The molecule has 178 valence electrons. The lowest BCUT2D eigenvalue weighted by molar-refractivity contribution is -0.123. The van der Waals surface area contributed by atoms with Crippen LogP contribution in [0.3, 0.4) is 0 Å². The summed E-state index contributed by atoms with van der Waals surface area (Å²) in [5.74, 6) is 0.929. The molecule has 3 aromatic rings. The van der Waals surface area contributed by atoms with Crippen LogP contribution >= 0.6 is 0 Å². The van der Waals surface area contributed by atoms with Gasteiger partial charge in [-0.25, -0.2) is 4.68 Å². The molecule has 5 heteroatoms. The van der Waals surface area contributed by atoms with Gasteiger partial charge in [0.1, 0.15) is 11.6 Å². The maximum Gasteiger partial charge on any atom is 0.149 e. The minimum atomic E-state index is -0.577. The van der Waals surface area contributed by atoms with Gasteiger partial charge in [-0.05, 0) is 51.2 Å². The summed E-state index contributed by atoms with van der Waals surface area (Å²) in [7, 11) is 0. The second kappa shape index (κ2) is 9.21. The molecule has 0 fully saturated rings. The highest BCUT2D eigenvalue weighted by atomic mass is 16.1. The van der Waals surface area contributed by atoms with Gasteiger partial charge < -0.3 is 10.7 Å². The number of carbonyl (C=O) groups excluding carboxylic acids is 1. The fraction of sp³-hybridized carbons (Fsp3) is 0.414. The lowest BCUT2D eigenvalue weighted by Crippen LogP contribution is -2.38.